The Morgan fingerprint density at radius 3 is 2.63 bits per heavy atom. The van der Waals surface area contributed by atoms with Gasteiger partial charge in [-0.2, -0.15) is 5.10 Å². The lowest BCUT2D eigenvalue weighted by Gasteiger charge is -2.23. The molecule has 1 aromatic heterocycles. The molecule has 0 aliphatic carbocycles. The van der Waals surface area contributed by atoms with Crippen molar-refractivity contribution in [3.05, 3.63) is 6.20 Å². The number of nitrogens with one attached hydrogen (secondary N) is 1. The number of sulfonamides is 1. The SMILES string of the molecule is CCn1cc(S(=O)(=O)NCC(C)(C)CCO)c(N)n1. The summed E-state index contributed by atoms with van der Waals surface area (Å²) < 4.78 is 28.2. The number of aryl methyl sites for hydroxylation is 1. The maximum Gasteiger partial charge on any atom is 0.245 e. The van der Waals surface area contributed by atoms with Gasteiger partial charge >= 0.3 is 0 Å². The van der Waals surface area contributed by atoms with Gasteiger partial charge in [0.15, 0.2) is 5.82 Å². The lowest BCUT2D eigenvalue weighted by molar-refractivity contribution is 0.213. The first-order valence-corrected chi connectivity index (χ1v) is 7.63. The van der Waals surface area contributed by atoms with Gasteiger partial charge in [0.1, 0.15) is 4.90 Å². The van der Waals surface area contributed by atoms with Crippen molar-refractivity contribution < 1.29 is 13.5 Å². The lowest BCUT2D eigenvalue weighted by Crippen LogP contribution is -2.34. The lowest BCUT2D eigenvalue weighted by atomic mass is 9.90. The van der Waals surface area contributed by atoms with Crippen molar-refractivity contribution in [2.75, 3.05) is 18.9 Å². The molecule has 0 amide bonds. The summed E-state index contributed by atoms with van der Waals surface area (Å²) in [5, 5.41) is 12.8. The van der Waals surface area contributed by atoms with E-state index >= 15 is 0 Å². The van der Waals surface area contributed by atoms with Crippen LogP contribution in [0, 0.1) is 5.41 Å². The zero-order valence-corrected chi connectivity index (χ0v) is 12.4. The molecule has 0 bridgehead atoms. The maximum absolute atomic E-state index is 12.1. The van der Waals surface area contributed by atoms with Gasteiger partial charge in [0.2, 0.25) is 10.0 Å². The molecule has 7 nitrogen and oxygen atoms in total. The maximum atomic E-state index is 12.1. The fraction of sp³-hybridized carbons (Fsp3) is 0.727. The summed E-state index contributed by atoms with van der Waals surface area (Å²) in [6, 6.07) is 0. The molecule has 0 aliphatic heterocycles. The molecule has 19 heavy (non-hydrogen) atoms. The minimum absolute atomic E-state index is 0.00526. The highest BCUT2D eigenvalue weighted by Crippen LogP contribution is 2.21. The molecule has 1 aromatic rings. The normalized spacial score (nSPS) is 12.8. The minimum Gasteiger partial charge on any atom is -0.396 e. The molecular weight excluding hydrogens is 268 g/mol. The third kappa shape index (κ3) is 4.19. The Morgan fingerprint density at radius 2 is 2.16 bits per heavy atom. The highest BCUT2D eigenvalue weighted by molar-refractivity contribution is 7.89. The molecule has 0 saturated carbocycles. The topological polar surface area (TPSA) is 110 Å². The van der Waals surface area contributed by atoms with Gasteiger partial charge in [-0.25, -0.2) is 13.1 Å². The molecule has 0 aromatic carbocycles. The van der Waals surface area contributed by atoms with Gasteiger partial charge in [-0.15, -0.1) is 0 Å². The van der Waals surface area contributed by atoms with Crippen LogP contribution in [0.2, 0.25) is 0 Å². The Bertz CT molecular complexity index is 522. The molecule has 0 aliphatic rings. The second-order valence-corrected chi connectivity index (χ2v) is 6.93. The number of nitrogens with two attached hydrogens (primary N) is 1. The van der Waals surface area contributed by atoms with E-state index in [9.17, 15) is 8.42 Å². The van der Waals surface area contributed by atoms with Crippen molar-refractivity contribution in [2.45, 2.75) is 38.6 Å². The van der Waals surface area contributed by atoms with Crippen LogP contribution >= 0.6 is 0 Å². The fourth-order valence-corrected chi connectivity index (χ4v) is 2.86. The van der Waals surface area contributed by atoms with Gasteiger partial charge in [-0.1, -0.05) is 13.8 Å². The number of aliphatic hydroxyl groups is 1. The van der Waals surface area contributed by atoms with Crippen LogP contribution < -0.4 is 10.5 Å². The van der Waals surface area contributed by atoms with Gasteiger partial charge in [0, 0.05) is 25.9 Å². The molecule has 0 saturated heterocycles. The summed E-state index contributed by atoms with van der Waals surface area (Å²) in [6.45, 7) is 6.41. The van der Waals surface area contributed by atoms with Crippen LogP contribution in [0.15, 0.2) is 11.1 Å². The highest BCUT2D eigenvalue weighted by atomic mass is 32.2. The van der Waals surface area contributed by atoms with Crippen LogP contribution in [0.4, 0.5) is 5.82 Å². The number of nitrogens with zero attached hydrogens (tertiary/aromatic N) is 2. The van der Waals surface area contributed by atoms with Crippen molar-refractivity contribution in [3.8, 4) is 0 Å². The zero-order chi connectivity index (χ0) is 14.7. The summed E-state index contributed by atoms with van der Waals surface area (Å²) in [7, 11) is -3.67. The second-order valence-electron chi connectivity index (χ2n) is 5.20. The highest BCUT2D eigenvalue weighted by Gasteiger charge is 2.25. The monoisotopic (exact) mass is 290 g/mol. The van der Waals surface area contributed by atoms with E-state index in [4.69, 9.17) is 10.8 Å². The number of hydrogen-bond acceptors (Lipinski definition) is 5. The van der Waals surface area contributed by atoms with Crippen LogP contribution in [-0.2, 0) is 16.6 Å². The Balaban J connectivity index is 2.84. The summed E-state index contributed by atoms with van der Waals surface area (Å²) >= 11 is 0. The molecule has 110 valence electrons. The number of anilines is 1. The van der Waals surface area contributed by atoms with E-state index in [2.05, 4.69) is 9.82 Å². The standard InChI is InChI=1S/C11H22N4O3S/c1-4-15-7-9(10(12)14-15)19(17,18)13-8-11(2,3)5-6-16/h7,13,16H,4-6,8H2,1-3H3,(H2,12,14). The third-order valence-electron chi connectivity index (χ3n) is 2.90. The van der Waals surface area contributed by atoms with Gasteiger partial charge in [-0.05, 0) is 18.8 Å². The molecule has 0 atom stereocenters. The summed E-state index contributed by atoms with van der Waals surface area (Å²) in [5.74, 6) is -0.00526. The van der Waals surface area contributed by atoms with E-state index in [0.717, 1.165) is 0 Å². The van der Waals surface area contributed by atoms with Gasteiger partial charge in [0.25, 0.3) is 0 Å². The first-order chi connectivity index (χ1) is 8.72. The first-order valence-electron chi connectivity index (χ1n) is 6.15. The summed E-state index contributed by atoms with van der Waals surface area (Å²) in [5.41, 5.74) is 5.29. The molecule has 8 heteroatoms. The first kappa shape index (κ1) is 15.9. The van der Waals surface area contributed by atoms with Gasteiger partial charge < -0.3 is 10.8 Å². The van der Waals surface area contributed by atoms with Crippen molar-refractivity contribution in [1.29, 1.82) is 0 Å². The Hall–Kier alpha value is -1.12. The smallest absolute Gasteiger partial charge is 0.245 e. The van der Waals surface area contributed by atoms with Crippen LogP contribution in [0.25, 0.3) is 0 Å². The average Bonchev–Trinajstić information content (AvgIpc) is 2.69. The summed E-state index contributed by atoms with van der Waals surface area (Å²) in [6.07, 6.45) is 1.93. The molecule has 4 N–H and O–H groups in total. The molecular formula is C11H22N4O3S. The number of rotatable bonds is 7. The minimum atomic E-state index is -3.67. The Labute approximate surface area is 113 Å². The quantitative estimate of drug-likeness (QED) is 0.663. The average molecular weight is 290 g/mol. The predicted molar refractivity (Wildman–Crippen MR) is 73.0 cm³/mol. The molecule has 0 radical (unpaired) electrons. The van der Waals surface area contributed by atoms with Crippen molar-refractivity contribution in [3.63, 3.8) is 0 Å². The van der Waals surface area contributed by atoms with E-state index in [-0.39, 0.29) is 29.3 Å². The molecule has 1 heterocycles. The number of hydrogen-bond donors (Lipinski definition) is 3. The van der Waals surface area contributed by atoms with E-state index in [1.807, 2.05) is 20.8 Å². The number of aliphatic hydroxyl groups excluding tert-OH is 1. The Morgan fingerprint density at radius 1 is 1.53 bits per heavy atom. The predicted octanol–water partition coefficient (Wildman–Crippen LogP) is 0.172. The van der Waals surface area contributed by atoms with Gasteiger partial charge in [0.05, 0.1) is 0 Å². The van der Waals surface area contributed by atoms with Crippen molar-refractivity contribution in [2.24, 2.45) is 5.41 Å². The van der Waals surface area contributed by atoms with E-state index < -0.39 is 10.0 Å². The van der Waals surface area contributed by atoms with Crippen molar-refractivity contribution in [1.82, 2.24) is 14.5 Å². The second kappa shape index (κ2) is 5.89. The zero-order valence-electron chi connectivity index (χ0n) is 11.5. The molecule has 0 unspecified atom stereocenters. The molecule has 0 spiro atoms. The molecule has 1 rings (SSSR count). The summed E-state index contributed by atoms with van der Waals surface area (Å²) in [4.78, 5) is -0.00542. The third-order valence-corrected chi connectivity index (χ3v) is 4.32. The number of aromatic nitrogens is 2. The Kier molecular flexibility index (Phi) is 4.94. The number of nitrogen functional groups attached to an aromatic ring is 1. The fourth-order valence-electron chi connectivity index (χ4n) is 1.55. The van der Waals surface area contributed by atoms with Crippen LogP contribution in [0.1, 0.15) is 27.2 Å². The van der Waals surface area contributed by atoms with Gasteiger partial charge in [-0.3, -0.25) is 4.68 Å². The van der Waals surface area contributed by atoms with Crippen molar-refractivity contribution >= 4 is 15.8 Å². The van der Waals surface area contributed by atoms with E-state index in [1.165, 1.54) is 10.9 Å². The van der Waals surface area contributed by atoms with Crippen LogP contribution in [-0.4, -0.2) is 36.5 Å². The van der Waals surface area contributed by atoms with Crippen LogP contribution in [0.5, 0.6) is 0 Å². The molecule has 0 fully saturated rings. The van der Waals surface area contributed by atoms with Crippen LogP contribution in [0.3, 0.4) is 0 Å². The van der Waals surface area contributed by atoms with E-state index in [0.29, 0.717) is 13.0 Å². The largest absolute Gasteiger partial charge is 0.396 e. The van der Waals surface area contributed by atoms with E-state index in [1.54, 1.807) is 0 Å².